The summed E-state index contributed by atoms with van der Waals surface area (Å²) >= 11 is 1.76. The largest absolute Gasteiger partial charge is 0.477 e. The van der Waals surface area contributed by atoms with Crippen LogP contribution >= 0.6 is 23.3 Å². The molecule has 33 heavy (non-hydrogen) atoms. The van der Waals surface area contributed by atoms with Crippen molar-refractivity contribution in [1.29, 1.82) is 0 Å². The third kappa shape index (κ3) is 4.05. The molecule has 1 fully saturated rings. The first-order chi connectivity index (χ1) is 15.7. The van der Waals surface area contributed by atoms with Gasteiger partial charge < -0.3 is 27.1 Å². The number of fused-ring (bicyclic) bond motifs is 1. The lowest BCUT2D eigenvalue weighted by Gasteiger charge is -2.50. The Morgan fingerprint density at radius 1 is 1.39 bits per heavy atom. The van der Waals surface area contributed by atoms with Crippen molar-refractivity contribution in [2.75, 3.05) is 11.5 Å². The number of pyridine rings is 1. The zero-order chi connectivity index (χ0) is 23.9. The van der Waals surface area contributed by atoms with E-state index in [0.717, 1.165) is 34.3 Å². The number of nitrogen functional groups attached to an aromatic ring is 2. The molecule has 1 saturated heterocycles. The number of halogens is 1. The number of aliphatic carboxylic acids is 1. The lowest BCUT2D eigenvalue weighted by atomic mass is 9.86. The van der Waals surface area contributed by atoms with Gasteiger partial charge in [0.25, 0.3) is 11.8 Å². The van der Waals surface area contributed by atoms with Crippen LogP contribution in [0.15, 0.2) is 32.9 Å². The second kappa shape index (κ2) is 8.62. The highest BCUT2D eigenvalue weighted by atomic mass is 32.2. The lowest BCUT2D eigenvalue weighted by Crippen LogP contribution is -2.72. The van der Waals surface area contributed by atoms with E-state index in [1.165, 1.54) is 6.20 Å². The van der Waals surface area contributed by atoms with E-state index >= 15 is 0 Å². The van der Waals surface area contributed by atoms with Gasteiger partial charge >= 0.3 is 5.97 Å². The summed E-state index contributed by atoms with van der Waals surface area (Å²) < 4.78 is 17.5. The Morgan fingerprint density at radius 3 is 2.76 bits per heavy atom. The summed E-state index contributed by atoms with van der Waals surface area (Å²) in [5.41, 5.74) is 10.0. The van der Waals surface area contributed by atoms with Crippen molar-refractivity contribution in [2.24, 2.45) is 5.16 Å². The Hall–Kier alpha value is -3.79. The predicted octanol–water partition coefficient (Wildman–Crippen LogP) is -0.00720. The highest BCUT2D eigenvalue weighted by Crippen LogP contribution is 2.43. The number of hydrogen-bond acceptors (Lipinski definition) is 12. The van der Waals surface area contributed by atoms with Crippen molar-refractivity contribution in [3.8, 4) is 0 Å². The predicted molar refractivity (Wildman–Crippen MR) is 114 cm³/mol. The van der Waals surface area contributed by atoms with E-state index in [0.29, 0.717) is 16.2 Å². The van der Waals surface area contributed by atoms with E-state index in [1.54, 1.807) is 0 Å². The summed E-state index contributed by atoms with van der Waals surface area (Å²) in [6.45, 7) is 0. The summed E-state index contributed by atoms with van der Waals surface area (Å²) in [4.78, 5) is 46.4. The van der Waals surface area contributed by atoms with E-state index in [9.17, 15) is 29.1 Å². The molecule has 13 nitrogen and oxygen atoms in total. The highest BCUT2D eigenvalue weighted by Gasteiger charge is 2.53. The maximum atomic E-state index is 13.7. The maximum Gasteiger partial charge on any atom is 0.353 e. The lowest BCUT2D eigenvalue weighted by molar-refractivity contribution is -0.155. The van der Waals surface area contributed by atoms with Crippen LogP contribution in [-0.2, 0) is 14.4 Å². The van der Waals surface area contributed by atoms with Crippen LogP contribution in [-0.4, -0.2) is 65.1 Å². The van der Waals surface area contributed by atoms with Crippen molar-refractivity contribution in [3.63, 3.8) is 0 Å². The normalized spacial score (nSPS) is 20.3. The third-order valence-electron chi connectivity index (χ3n) is 4.94. The summed E-state index contributed by atoms with van der Waals surface area (Å²) in [5, 5.41) is 24.3. The Balaban J connectivity index is 1.53. The number of nitrogens with two attached hydrogens (primary N) is 2. The van der Waals surface area contributed by atoms with Gasteiger partial charge in [-0.15, -0.1) is 0 Å². The van der Waals surface area contributed by atoms with Crippen LogP contribution in [0.25, 0.3) is 0 Å². The summed E-state index contributed by atoms with van der Waals surface area (Å²) in [6.07, 6.45) is 1.88. The average Bonchev–Trinajstić information content (AvgIpc) is 3.20. The fourth-order valence-corrected chi connectivity index (χ4v) is 4.98. The first-order valence-corrected chi connectivity index (χ1v) is 10.8. The molecule has 2 aromatic heterocycles. The number of amides is 2. The number of carbonyl (C=O) groups is 3. The second-order valence-electron chi connectivity index (χ2n) is 6.89. The minimum atomic E-state index is -1.34. The number of anilines is 2. The molecular formula is C17H15FN8O5S2. The number of nitrogens with one attached hydrogen (secondary N) is 1. The molecule has 2 atom stereocenters. The molecule has 0 aliphatic carbocycles. The number of hydrogen-bond donors (Lipinski definition) is 5. The standard InChI is InChI=1S/C17H15FN8O5S2/c18-6-3-5(4-21-12(6)19)32-8-2-1-7-9(15(28)26(7)11(8)16(29)30)22-14(27)10(24-31)13-23-17(20)33-25-13/h3-4,7,9,31H,1-2H2,(H2,19,21)(H,22,27)(H,29,30)(H2,20,23,25)/b24-10-. The van der Waals surface area contributed by atoms with Crippen LogP contribution in [0, 0.1) is 5.82 Å². The first-order valence-electron chi connectivity index (χ1n) is 9.22. The highest BCUT2D eigenvalue weighted by molar-refractivity contribution is 8.03. The van der Waals surface area contributed by atoms with Gasteiger partial charge in [0.05, 0.1) is 6.04 Å². The van der Waals surface area contributed by atoms with Crippen molar-refractivity contribution >= 4 is 57.7 Å². The molecule has 7 N–H and O–H groups in total. The summed E-state index contributed by atoms with van der Waals surface area (Å²) in [5.74, 6) is -4.16. The molecule has 0 aromatic carbocycles. The molecule has 4 heterocycles. The molecule has 16 heteroatoms. The number of carboxylic acids is 1. The molecule has 0 radical (unpaired) electrons. The van der Waals surface area contributed by atoms with Gasteiger partial charge in [0.1, 0.15) is 11.7 Å². The number of allylic oxidation sites excluding steroid dienone is 1. The van der Waals surface area contributed by atoms with Gasteiger partial charge in [-0.2, -0.15) is 9.36 Å². The molecule has 2 aromatic rings. The third-order valence-corrected chi connectivity index (χ3v) is 6.58. The van der Waals surface area contributed by atoms with Gasteiger partial charge in [0.15, 0.2) is 16.8 Å². The van der Waals surface area contributed by atoms with Crippen LogP contribution in [0.2, 0.25) is 0 Å². The minimum Gasteiger partial charge on any atom is -0.477 e. The number of β-lactam (4-membered cyclic amide) rings is 1. The zero-order valence-electron chi connectivity index (χ0n) is 16.4. The van der Waals surface area contributed by atoms with Gasteiger partial charge in [-0.1, -0.05) is 16.9 Å². The number of thioether (sulfide) groups is 1. The second-order valence-corrected chi connectivity index (χ2v) is 8.84. The van der Waals surface area contributed by atoms with Crippen molar-refractivity contribution in [2.45, 2.75) is 29.8 Å². The number of carbonyl (C=O) groups excluding carboxylic acids is 2. The molecule has 2 aliphatic rings. The molecule has 4 rings (SSSR count). The van der Waals surface area contributed by atoms with Gasteiger partial charge in [0, 0.05) is 27.5 Å². The molecule has 2 unspecified atom stereocenters. The van der Waals surface area contributed by atoms with Crippen LogP contribution in [0.4, 0.5) is 15.3 Å². The Kier molecular flexibility index (Phi) is 5.86. The number of carboxylic acid groups (broad SMARTS) is 1. The fourth-order valence-electron chi connectivity index (χ4n) is 3.49. The average molecular weight is 494 g/mol. The number of rotatable bonds is 6. The monoisotopic (exact) mass is 494 g/mol. The van der Waals surface area contributed by atoms with Crippen LogP contribution in [0.1, 0.15) is 18.7 Å². The Morgan fingerprint density at radius 2 is 2.15 bits per heavy atom. The summed E-state index contributed by atoms with van der Waals surface area (Å²) in [6, 6.07) is -0.546. The number of nitrogens with zero attached hydrogens (tertiary/aromatic N) is 5. The minimum absolute atomic E-state index is 0.0505. The first kappa shape index (κ1) is 22.4. The fraction of sp³-hybridized carbons (Fsp3) is 0.235. The van der Waals surface area contributed by atoms with Crippen LogP contribution in [0.5, 0.6) is 0 Å². The van der Waals surface area contributed by atoms with E-state index in [-0.39, 0.29) is 28.9 Å². The van der Waals surface area contributed by atoms with Crippen molar-refractivity contribution in [3.05, 3.63) is 34.5 Å². The van der Waals surface area contributed by atoms with E-state index in [1.807, 2.05) is 0 Å². The topological polar surface area (TPSA) is 210 Å². The van der Waals surface area contributed by atoms with Gasteiger partial charge in [-0.3, -0.25) is 14.5 Å². The maximum absolute atomic E-state index is 13.7. The van der Waals surface area contributed by atoms with Crippen molar-refractivity contribution in [1.82, 2.24) is 24.6 Å². The van der Waals surface area contributed by atoms with Crippen LogP contribution in [0.3, 0.4) is 0 Å². The SMILES string of the molecule is Nc1nc(/C(=N/O)C(=O)NC2C(=O)N3C(C(=O)O)=C(Sc4cnc(N)c(F)c4)CCC23)ns1. The molecule has 0 bridgehead atoms. The number of aromatic nitrogens is 3. The summed E-state index contributed by atoms with van der Waals surface area (Å²) in [7, 11) is 0. The van der Waals surface area contributed by atoms with Gasteiger partial charge in [-0.05, 0) is 18.9 Å². The molecule has 0 spiro atoms. The zero-order valence-corrected chi connectivity index (χ0v) is 18.1. The van der Waals surface area contributed by atoms with E-state index < -0.39 is 41.4 Å². The molecule has 2 amide bonds. The molecule has 2 aliphatic heterocycles. The smallest absolute Gasteiger partial charge is 0.353 e. The molecular weight excluding hydrogens is 479 g/mol. The van der Waals surface area contributed by atoms with Gasteiger partial charge in [0.2, 0.25) is 11.5 Å². The van der Waals surface area contributed by atoms with Gasteiger partial charge in [-0.25, -0.2) is 14.2 Å². The van der Waals surface area contributed by atoms with Crippen LogP contribution < -0.4 is 16.8 Å². The van der Waals surface area contributed by atoms with E-state index in [2.05, 4.69) is 24.8 Å². The molecule has 172 valence electrons. The van der Waals surface area contributed by atoms with E-state index in [4.69, 9.17) is 11.5 Å². The quantitative estimate of drug-likeness (QED) is 0.156. The molecule has 0 saturated carbocycles. The Bertz CT molecular complexity index is 1230. The van der Waals surface area contributed by atoms with Crippen molar-refractivity contribution < 1.29 is 29.1 Å². The number of oxime groups is 1. The Labute approximate surface area is 192 Å².